The maximum Gasteiger partial charge on any atom is 0.326 e. The van der Waals surface area contributed by atoms with Crippen molar-refractivity contribution in [3.63, 3.8) is 0 Å². The molecule has 0 saturated carbocycles. The molecule has 2 aliphatic heterocycles. The van der Waals surface area contributed by atoms with Crippen molar-refractivity contribution in [3.05, 3.63) is 35.9 Å². The third kappa shape index (κ3) is 8.90. The van der Waals surface area contributed by atoms with E-state index < -0.39 is 48.5 Å². The topological polar surface area (TPSA) is 227 Å². The van der Waals surface area contributed by atoms with Crippen LogP contribution < -0.4 is 27.8 Å². The minimum atomic E-state index is -1.19. The zero-order valence-corrected chi connectivity index (χ0v) is 23.0. The largest absolute Gasteiger partial charge is 0.480 e. The van der Waals surface area contributed by atoms with Gasteiger partial charge in [-0.25, -0.2) is 4.79 Å². The van der Waals surface area contributed by atoms with E-state index >= 15 is 0 Å². The first-order chi connectivity index (χ1) is 19.6. The second-order valence-electron chi connectivity index (χ2n) is 10.3. The van der Waals surface area contributed by atoms with E-state index in [1.54, 1.807) is 30.3 Å². The van der Waals surface area contributed by atoms with E-state index in [2.05, 4.69) is 15.6 Å². The highest BCUT2D eigenvalue weighted by atomic mass is 16.4. The average Bonchev–Trinajstić information content (AvgIpc) is 3.64. The Morgan fingerprint density at radius 1 is 1.00 bits per heavy atom. The van der Waals surface area contributed by atoms with Gasteiger partial charge in [0, 0.05) is 26.1 Å². The Morgan fingerprint density at radius 2 is 1.66 bits per heavy atom. The summed E-state index contributed by atoms with van der Waals surface area (Å²) in [4.78, 5) is 70.4. The number of carbonyl (C=O) groups excluding carboxylic acids is 4. The lowest BCUT2D eigenvalue weighted by Gasteiger charge is -2.32. The van der Waals surface area contributed by atoms with Gasteiger partial charge in [0.05, 0.1) is 12.6 Å². The van der Waals surface area contributed by atoms with Crippen molar-refractivity contribution in [3.8, 4) is 0 Å². The first-order valence-corrected chi connectivity index (χ1v) is 13.8. The molecule has 0 spiro atoms. The van der Waals surface area contributed by atoms with Crippen molar-refractivity contribution in [1.29, 1.82) is 0 Å². The molecule has 4 atom stereocenters. The highest BCUT2D eigenvalue weighted by Gasteiger charge is 2.42. The molecule has 3 rings (SSSR count). The molecule has 224 valence electrons. The highest BCUT2D eigenvalue weighted by molar-refractivity contribution is 5.95. The summed E-state index contributed by atoms with van der Waals surface area (Å²) in [7, 11) is 0. The van der Waals surface area contributed by atoms with Crippen LogP contribution in [0.3, 0.4) is 0 Å². The second-order valence-corrected chi connectivity index (χ2v) is 10.3. The van der Waals surface area contributed by atoms with Gasteiger partial charge >= 0.3 is 5.97 Å². The van der Waals surface area contributed by atoms with Gasteiger partial charge in [-0.15, -0.1) is 0 Å². The van der Waals surface area contributed by atoms with Gasteiger partial charge in [-0.2, -0.15) is 0 Å². The van der Waals surface area contributed by atoms with Crippen LogP contribution in [-0.2, 0) is 30.4 Å². The SMILES string of the molecule is NC(N)=NCCC[C@H](N)C(=O)N1CCC[C@@H]1C(=O)N1CCC[C@@H]1C(=O)NCC(=O)N[C@@H](Cc1ccccc1)C(=O)O. The van der Waals surface area contributed by atoms with Gasteiger partial charge in [0.15, 0.2) is 5.96 Å². The number of nitrogens with zero attached hydrogens (tertiary/aromatic N) is 3. The number of nitrogens with two attached hydrogens (primary N) is 3. The third-order valence-corrected chi connectivity index (χ3v) is 7.28. The average molecular weight is 573 g/mol. The summed E-state index contributed by atoms with van der Waals surface area (Å²) in [5.74, 6) is -3.03. The molecule has 2 heterocycles. The summed E-state index contributed by atoms with van der Waals surface area (Å²) >= 11 is 0. The molecule has 0 aliphatic carbocycles. The van der Waals surface area contributed by atoms with Crippen LogP contribution in [0.5, 0.6) is 0 Å². The van der Waals surface area contributed by atoms with Crippen LogP contribution in [0, 0.1) is 0 Å². The molecule has 14 nitrogen and oxygen atoms in total. The fraction of sp³-hybridized carbons (Fsp3) is 0.556. The smallest absolute Gasteiger partial charge is 0.326 e. The number of likely N-dealkylation sites (tertiary alicyclic amines) is 2. The number of aliphatic carboxylic acids is 1. The Hall–Kier alpha value is -4.20. The molecule has 0 bridgehead atoms. The van der Waals surface area contributed by atoms with Crippen LogP contribution in [0.4, 0.5) is 0 Å². The van der Waals surface area contributed by atoms with Gasteiger partial charge in [-0.3, -0.25) is 24.2 Å². The maximum atomic E-state index is 13.5. The van der Waals surface area contributed by atoms with Crippen LogP contribution >= 0.6 is 0 Å². The normalized spacial score (nSPS) is 19.7. The number of benzene rings is 1. The zero-order valence-electron chi connectivity index (χ0n) is 23.0. The Labute approximate surface area is 238 Å². The summed E-state index contributed by atoms with van der Waals surface area (Å²) in [5, 5.41) is 14.5. The van der Waals surface area contributed by atoms with Crippen molar-refractivity contribution >= 4 is 35.6 Å². The molecule has 2 fully saturated rings. The summed E-state index contributed by atoms with van der Waals surface area (Å²) in [6.45, 7) is 0.663. The van der Waals surface area contributed by atoms with Crippen molar-refractivity contribution in [2.24, 2.45) is 22.2 Å². The summed E-state index contributed by atoms with van der Waals surface area (Å²) < 4.78 is 0. The van der Waals surface area contributed by atoms with E-state index in [-0.39, 0.29) is 24.2 Å². The molecule has 2 aliphatic rings. The van der Waals surface area contributed by atoms with E-state index in [4.69, 9.17) is 17.2 Å². The van der Waals surface area contributed by atoms with Crippen LogP contribution in [-0.4, -0.2) is 101 Å². The number of amides is 4. The van der Waals surface area contributed by atoms with Crippen molar-refractivity contribution in [2.45, 2.75) is 69.1 Å². The predicted molar refractivity (Wildman–Crippen MR) is 150 cm³/mol. The lowest BCUT2D eigenvalue weighted by atomic mass is 10.1. The molecule has 0 unspecified atom stereocenters. The summed E-state index contributed by atoms with van der Waals surface area (Å²) in [6.07, 6.45) is 3.08. The standard InChI is InChI=1S/C27H40N8O6/c28-18(9-4-12-31-27(29)30)24(38)35-14-6-11-21(35)25(39)34-13-5-10-20(34)23(37)32-16-22(36)33-19(26(40)41)15-17-7-2-1-3-8-17/h1-3,7-8,18-21H,4-6,9-16,28H2,(H,32,37)(H,33,36)(H,40,41)(H4,29,30,31)/t18-,19-,20+,21+/m0/s1. The Bertz CT molecular complexity index is 1130. The van der Waals surface area contributed by atoms with Crippen molar-refractivity contribution in [2.75, 3.05) is 26.2 Å². The predicted octanol–water partition coefficient (Wildman–Crippen LogP) is -1.72. The molecular weight excluding hydrogens is 532 g/mol. The molecular formula is C27H40N8O6. The van der Waals surface area contributed by atoms with Crippen molar-refractivity contribution in [1.82, 2.24) is 20.4 Å². The lowest BCUT2D eigenvalue weighted by molar-refractivity contribution is -0.147. The Kier molecular flexibility index (Phi) is 11.4. The van der Waals surface area contributed by atoms with E-state index in [1.165, 1.54) is 9.80 Å². The Balaban J connectivity index is 1.53. The first-order valence-electron chi connectivity index (χ1n) is 13.8. The second kappa shape index (κ2) is 15.0. The molecule has 4 amide bonds. The monoisotopic (exact) mass is 572 g/mol. The molecule has 1 aromatic carbocycles. The van der Waals surface area contributed by atoms with E-state index in [1.807, 2.05) is 0 Å². The van der Waals surface area contributed by atoms with Gasteiger partial charge in [-0.05, 0) is 44.1 Å². The van der Waals surface area contributed by atoms with Gasteiger partial charge in [0.25, 0.3) is 0 Å². The summed E-state index contributed by atoms with van der Waals surface area (Å²) in [5.41, 5.74) is 17.5. The minimum absolute atomic E-state index is 0.0348. The van der Waals surface area contributed by atoms with Crippen LogP contribution in [0.2, 0.25) is 0 Å². The fourth-order valence-electron chi connectivity index (χ4n) is 5.22. The van der Waals surface area contributed by atoms with Gasteiger partial charge < -0.3 is 42.7 Å². The number of carboxylic acids is 1. The van der Waals surface area contributed by atoms with Crippen LogP contribution in [0.25, 0.3) is 0 Å². The van der Waals surface area contributed by atoms with E-state index in [0.717, 1.165) is 5.56 Å². The number of nitrogens with one attached hydrogen (secondary N) is 2. The van der Waals surface area contributed by atoms with Gasteiger partial charge in [0.2, 0.25) is 23.6 Å². The number of guanidine groups is 1. The molecule has 0 radical (unpaired) electrons. The van der Waals surface area contributed by atoms with Gasteiger partial charge in [0.1, 0.15) is 18.1 Å². The highest BCUT2D eigenvalue weighted by Crippen LogP contribution is 2.25. The molecule has 41 heavy (non-hydrogen) atoms. The van der Waals surface area contributed by atoms with Crippen LogP contribution in [0.1, 0.15) is 44.1 Å². The fourth-order valence-corrected chi connectivity index (χ4v) is 5.22. The number of carboxylic acid groups (broad SMARTS) is 1. The molecule has 9 N–H and O–H groups in total. The van der Waals surface area contributed by atoms with E-state index in [0.29, 0.717) is 58.2 Å². The molecule has 14 heteroatoms. The molecule has 2 saturated heterocycles. The number of hydrogen-bond donors (Lipinski definition) is 6. The number of hydrogen-bond acceptors (Lipinski definition) is 7. The zero-order chi connectivity index (χ0) is 29.9. The summed E-state index contributed by atoms with van der Waals surface area (Å²) in [6, 6.07) is 5.42. The van der Waals surface area contributed by atoms with Gasteiger partial charge in [-0.1, -0.05) is 30.3 Å². The lowest BCUT2D eigenvalue weighted by Crippen LogP contribution is -2.55. The molecule has 0 aromatic heterocycles. The first kappa shape index (κ1) is 31.3. The van der Waals surface area contributed by atoms with E-state index in [9.17, 15) is 29.1 Å². The number of rotatable bonds is 13. The number of carbonyl (C=O) groups is 5. The Morgan fingerprint density at radius 3 is 2.32 bits per heavy atom. The minimum Gasteiger partial charge on any atom is -0.480 e. The number of aliphatic imine (C=N–C) groups is 1. The van der Waals surface area contributed by atoms with Crippen LogP contribution in [0.15, 0.2) is 35.3 Å². The third-order valence-electron chi connectivity index (χ3n) is 7.28. The quantitative estimate of drug-likeness (QED) is 0.0896. The maximum absolute atomic E-state index is 13.5. The van der Waals surface area contributed by atoms with Crippen molar-refractivity contribution < 1.29 is 29.1 Å². The molecule has 1 aromatic rings.